The number of aliphatic hydroxyl groups is 1. The normalized spacial score (nSPS) is 15.8. The maximum Gasteiger partial charge on any atom is 0.122 e. The molecule has 0 aliphatic carbocycles. The van der Waals surface area contributed by atoms with E-state index in [0.717, 1.165) is 41.0 Å². The first-order chi connectivity index (χ1) is 14.4. The summed E-state index contributed by atoms with van der Waals surface area (Å²) in [5.41, 5.74) is 2.16. The van der Waals surface area contributed by atoms with Gasteiger partial charge in [-0.1, -0.05) is 61.3 Å². The van der Waals surface area contributed by atoms with Gasteiger partial charge in [-0.05, 0) is 99.2 Å². The Morgan fingerprint density at radius 2 is 1.25 bits per heavy atom. The van der Waals surface area contributed by atoms with Crippen molar-refractivity contribution < 1.29 is 15.3 Å². The van der Waals surface area contributed by atoms with E-state index in [1.54, 1.807) is 0 Å². The van der Waals surface area contributed by atoms with E-state index < -0.39 is 5.60 Å². The van der Waals surface area contributed by atoms with Gasteiger partial charge in [0.1, 0.15) is 11.5 Å². The summed E-state index contributed by atoms with van der Waals surface area (Å²) in [5.74, 6) is 1.88. The molecular weight excluding hydrogens is 396 g/mol. The molecule has 0 bridgehead atoms. The third-order valence-electron chi connectivity index (χ3n) is 8.25. The summed E-state index contributed by atoms with van der Waals surface area (Å²) in [4.78, 5) is 0. The molecule has 1 unspecified atom stereocenters. The Morgan fingerprint density at radius 3 is 1.78 bits per heavy atom. The summed E-state index contributed by atoms with van der Waals surface area (Å²) in [6, 6.07) is 0. The molecule has 3 nitrogen and oxygen atoms in total. The Morgan fingerprint density at radius 1 is 0.719 bits per heavy atom. The summed E-state index contributed by atoms with van der Waals surface area (Å²) in [6.45, 7) is 23.5. The Labute approximate surface area is 198 Å². The minimum absolute atomic E-state index is 0.241. The van der Waals surface area contributed by atoms with Gasteiger partial charge in [0.15, 0.2) is 0 Å². The average molecular weight is 449 g/mol. The van der Waals surface area contributed by atoms with E-state index in [1.807, 2.05) is 27.7 Å². The van der Waals surface area contributed by atoms with E-state index in [9.17, 15) is 15.3 Å². The zero-order valence-corrected chi connectivity index (χ0v) is 22.9. The number of phenolic OH excluding ortho intramolecular Hbond substituents is 2. The van der Waals surface area contributed by atoms with Crippen LogP contribution in [0.25, 0.3) is 0 Å². The van der Waals surface area contributed by atoms with Crippen LogP contribution in [0.15, 0.2) is 0 Å². The van der Waals surface area contributed by atoms with Gasteiger partial charge in [-0.3, -0.25) is 0 Å². The lowest BCUT2D eigenvalue weighted by Crippen LogP contribution is -2.42. The van der Waals surface area contributed by atoms with Crippen molar-refractivity contribution in [3.8, 4) is 11.5 Å². The van der Waals surface area contributed by atoms with Gasteiger partial charge < -0.3 is 15.3 Å². The molecule has 0 aliphatic heterocycles. The van der Waals surface area contributed by atoms with Crippen LogP contribution < -0.4 is 0 Å². The molecule has 1 rings (SSSR count). The van der Waals surface area contributed by atoms with Gasteiger partial charge in [-0.25, -0.2) is 0 Å². The number of benzene rings is 1. The minimum Gasteiger partial charge on any atom is -0.507 e. The first-order valence-electron chi connectivity index (χ1n) is 12.6. The van der Waals surface area contributed by atoms with Crippen LogP contribution in [-0.2, 0) is 6.42 Å². The highest BCUT2D eigenvalue weighted by molar-refractivity contribution is 5.56. The zero-order valence-electron chi connectivity index (χ0n) is 22.9. The van der Waals surface area contributed by atoms with Gasteiger partial charge in [0.25, 0.3) is 0 Å². The Balaban J connectivity index is 2.79. The Kier molecular flexibility index (Phi) is 9.73. The predicted octanol–water partition coefficient (Wildman–Crippen LogP) is 8.00. The standard InChI is InChI=1S/C29H52O3/c1-19(2)12-15-27(7,8)18-20(3)13-16-28(9,10)29(11,32)17-14-24-23(6)25(30)21(4)22(5)26(24)31/h19-20,30-32H,12-18H2,1-11H3/t20-,29?/m0/s1. The average Bonchev–Trinajstić information content (AvgIpc) is 2.67. The Hall–Kier alpha value is -1.22. The second-order valence-electron chi connectivity index (χ2n) is 12.7. The van der Waals surface area contributed by atoms with Gasteiger partial charge in [-0.15, -0.1) is 0 Å². The number of rotatable bonds is 12. The SMILES string of the molecule is Cc1c(C)c(O)c(CCC(C)(O)C(C)(C)CC[C@H](C)CC(C)(C)CCC(C)C)c(C)c1O. The molecule has 0 saturated carbocycles. The summed E-state index contributed by atoms with van der Waals surface area (Å²) in [5, 5.41) is 32.5. The molecule has 0 aromatic heterocycles. The van der Waals surface area contributed by atoms with E-state index in [2.05, 4.69) is 48.5 Å². The lowest BCUT2D eigenvalue weighted by molar-refractivity contribution is -0.0646. The first-order valence-corrected chi connectivity index (χ1v) is 12.6. The maximum atomic E-state index is 11.4. The molecule has 0 aliphatic rings. The van der Waals surface area contributed by atoms with Crippen LogP contribution in [0.5, 0.6) is 11.5 Å². The van der Waals surface area contributed by atoms with E-state index in [4.69, 9.17) is 0 Å². The maximum absolute atomic E-state index is 11.4. The predicted molar refractivity (Wildman–Crippen MR) is 138 cm³/mol. The highest BCUT2D eigenvalue weighted by atomic mass is 16.3. The van der Waals surface area contributed by atoms with E-state index in [1.165, 1.54) is 19.3 Å². The molecule has 0 spiro atoms. The van der Waals surface area contributed by atoms with Crippen molar-refractivity contribution in [3.63, 3.8) is 0 Å². The van der Waals surface area contributed by atoms with Crippen molar-refractivity contribution >= 4 is 0 Å². The molecule has 0 saturated heterocycles. The van der Waals surface area contributed by atoms with Crippen LogP contribution in [-0.4, -0.2) is 20.9 Å². The van der Waals surface area contributed by atoms with Crippen molar-refractivity contribution in [1.29, 1.82) is 0 Å². The summed E-state index contributed by atoms with van der Waals surface area (Å²) >= 11 is 0. The Bertz CT molecular complexity index is 727. The van der Waals surface area contributed by atoms with Crippen molar-refractivity contribution in [1.82, 2.24) is 0 Å². The lowest BCUT2D eigenvalue weighted by Gasteiger charge is -2.41. The number of hydrogen-bond acceptors (Lipinski definition) is 3. The molecule has 0 radical (unpaired) electrons. The monoisotopic (exact) mass is 448 g/mol. The van der Waals surface area contributed by atoms with Crippen molar-refractivity contribution in [2.24, 2.45) is 22.7 Å². The summed E-state index contributed by atoms with van der Waals surface area (Å²) in [7, 11) is 0. The first kappa shape index (κ1) is 28.8. The van der Waals surface area contributed by atoms with Gasteiger partial charge in [0.2, 0.25) is 0 Å². The molecule has 3 N–H and O–H groups in total. The van der Waals surface area contributed by atoms with E-state index in [-0.39, 0.29) is 16.9 Å². The molecule has 0 fully saturated rings. The van der Waals surface area contributed by atoms with Crippen LogP contribution in [0, 0.1) is 43.4 Å². The van der Waals surface area contributed by atoms with Crippen LogP contribution in [0.3, 0.4) is 0 Å². The third-order valence-corrected chi connectivity index (χ3v) is 8.25. The van der Waals surface area contributed by atoms with Gasteiger partial charge in [0, 0.05) is 5.56 Å². The minimum atomic E-state index is -0.868. The molecular formula is C29H52O3. The fourth-order valence-electron chi connectivity index (χ4n) is 4.90. The summed E-state index contributed by atoms with van der Waals surface area (Å²) < 4.78 is 0. The summed E-state index contributed by atoms with van der Waals surface area (Å²) in [6.07, 6.45) is 6.91. The third kappa shape index (κ3) is 7.40. The van der Waals surface area contributed by atoms with Gasteiger partial charge in [0.05, 0.1) is 5.60 Å². The second-order valence-corrected chi connectivity index (χ2v) is 12.7. The highest BCUT2D eigenvalue weighted by Crippen LogP contribution is 2.43. The molecule has 1 aromatic rings. The van der Waals surface area contributed by atoms with E-state index in [0.29, 0.717) is 24.2 Å². The fourth-order valence-corrected chi connectivity index (χ4v) is 4.90. The molecule has 186 valence electrons. The topological polar surface area (TPSA) is 60.7 Å². The van der Waals surface area contributed by atoms with Crippen molar-refractivity contribution in [2.75, 3.05) is 0 Å². The number of phenols is 2. The van der Waals surface area contributed by atoms with Crippen LogP contribution in [0.1, 0.15) is 116 Å². The van der Waals surface area contributed by atoms with Crippen molar-refractivity contribution in [2.45, 2.75) is 127 Å². The molecule has 0 heterocycles. The molecule has 1 aromatic carbocycles. The largest absolute Gasteiger partial charge is 0.507 e. The quantitative estimate of drug-likeness (QED) is 0.284. The van der Waals surface area contributed by atoms with Crippen molar-refractivity contribution in [3.05, 3.63) is 22.3 Å². The molecule has 32 heavy (non-hydrogen) atoms. The lowest BCUT2D eigenvalue weighted by atomic mass is 9.68. The van der Waals surface area contributed by atoms with Gasteiger partial charge >= 0.3 is 0 Å². The number of aromatic hydroxyl groups is 2. The molecule has 3 heteroatoms. The second kappa shape index (κ2) is 10.8. The smallest absolute Gasteiger partial charge is 0.122 e. The van der Waals surface area contributed by atoms with Crippen LogP contribution in [0.4, 0.5) is 0 Å². The van der Waals surface area contributed by atoms with Gasteiger partial charge in [-0.2, -0.15) is 0 Å². The zero-order chi connectivity index (χ0) is 25.1. The molecule has 0 amide bonds. The van der Waals surface area contributed by atoms with Crippen LogP contribution in [0.2, 0.25) is 0 Å². The highest BCUT2D eigenvalue weighted by Gasteiger charge is 2.39. The molecule has 2 atom stereocenters. The fraction of sp³-hybridized carbons (Fsp3) is 0.793. The van der Waals surface area contributed by atoms with E-state index >= 15 is 0 Å². The number of hydrogen-bond donors (Lipinski definition) is 3. The van der Waals surface area contributed by atoms with Crippen LogP contribution >= 0.6 is 0 Å².